The van der Waals surface area contributed by atoms with E-state index in [4.69, 9.17) is 23.2 Å². The number of halogens is 2. The molecule has 0 aromatic heterocycles. The molecule has 31 heavy (non-hydrogen) atoms. The van der Waals surface area contributed by atoms with E-state index in [9.17, 15) is 4.79 Å². The predicted octanol–water partition coefficient (Wildman–Crippen LogP) is 5.93. The molecule has 2 aliphatic rings. The van der Waals surface area contributed by atoms with Crippen molar-refractivity contribution in [1.29, 1.82) is 0 Å². The number of piperidine rings is 1. The van der Waals surface area contributed by atoms with Gasteiger partial charge in [0.15, 0.2) is 0 Å². The number of aryl methyl sites for hydroxylation is 1. The number of carbonyl (C=O) groups is 1. The van der Waals surface area contributed by atoms with Crippen LogP contribution < -0.4 is 10.6 Å². The van der Waals surface area contributed by atoms with Crippen LogP contribution in [0.25, 0.3) is 0 Å². The average molecular weight is 460 g/mol. The average Bonchev–Trinajstić information content (AvgIpc) is 3.30. The van der Waals surface area contributed by atoms with Crippen LogP contribution in [0.3, 0.4) is 0 Å². The van der Waals surface area contributed by atoms with Gasteiger partial charge in [-0.15, -0.1) is 0 Å². The third kappa shape index (κ3) is 5.19. The highest BCUT2D eigenvalue weighted by atomic mass is 35.5. The molecule has 2 aromatic carbocycles. The minimum absolute atomic E-state index is 0.0351. The van der Waals surface area contributed by atoms with Crippen LogP contribution in [0.15, 0.2) is 36.4 Å². The minimum atomic E-state index is 0.0351. The third-order valence-corrected chi connectivity index (χ3v) is 7.26. The van der Waals surface area contributed by atoms with E-state index in [-0.39, 0.29) is 18.0 Å². The molecule has 0 spiro atoms. The Kier molecular flexibility index (Phi) is 7.10. The molecule has 2 aliphatic heterocycles. The fourth-order valence-electron chi connectivity index (χ4n) is 4.76. The summed E-state index contributed by atoms with van der Waals surface area (Å²) in [7, 11) is 0. The third-order valence-electron chi connectivity index (χ3n) is 6.70. The molecule has 0 aliphatic carbocycles. The summed E-state index contributed by atoms with van der Waals surface area (Å²) < 4.78 is 0. The molecular weight excluding hydrogens is 429 g/mol. The smallest absolute Gasteiger partial charge is 0.239 e. The Hall–Kier alpha value is -1.75. The Morgan fingerprint density at radius 1 is 1.13 bits per heavy atom. The van der Waals surface area contributed by atoms with Gasteiger partial charge < -0.3 is 15.5 Å². The fraction of sp³-hybridized carbons (Fsp3) is 0.480. The van der Waals surface area contributed by atoms with Gasteiger partial charge >= 0.3 is 0 Å². The van der Waals surface area contributed by atoms with Crippen molar-refractivity contribution in [2.24, 2.45) is 0 Å². The molecule has 0 bridgehead atoms. The molecule has 166 valence electrons. The minimum Gasteiger partial charge on any atom is -0.378 e. The summed E-state index contributed by atoms with van der Waals surface area (Å²) in [5.41, 5.74) is 4.71. The summed E-state index contributed by atoms with van der Waals surface area (Å²) in [4.78, 5) is 14.7. The van der Waals surface area contributed by atoms with E-state index in [1.807, 2.05) is 12.1 Å². The van der Waals surface area contributed by atoms with Gasteiger partial charge in [0, 0.05) is 28.8 Å². The highest BCUT2D eigenvalue weighted by molar-refractivity contribution is 6.35. The highest BCUT2D eigenvalue weighted by Crippen LogP contribution is 2.34. The normalized spacial score (nSPS) is 20.6. The Balaban J connectivity index is 1.41. The first-order chi connectivity index (χ1) is 14.9. The lowest BCUT2D eigenvalue weighted by atomic mass is 9.88. The molecule has 6 heteroatoms. The topological polar surface area (TPSA) is 44.4 Å². The number of nitrogens with zero attached hydrogens (tertiary/aromatic N) is 1. The number of amides is 1. The van der Waals surface area contributed by atoms with Gasteiger partial charge in [0.2, 0.25) is 5.91 Å². The molecule has 2 aromatic rings. The van der Waals surface area contributed by atoms with E-state index in [1.54, 1.807) is 6.07 Å². The van der Waals surface area contributed by atoms with Gasteiger partial charge in [-0.05, 0) is 86.9 Å². The lowest BCUT2D eigenvalue weighted by Crippen LogP contribution is -2.46. The van der Waals surface area contributed by atoms with E-state index in [0.29, 0.717) is 16.0 Å². The van der Waals surface area contributed by atoms with Gasteiger partial charge in [-0.1, -0.05) is 41.4 Å². The zero-order chi connectivity index (χ0) is 22.0. The number of hydrogen-bond acceptors (Lipinski definition) is 3. The van der Waals surface area contributed by atoms with Crippen molar-refractivity contribution in [2.45, 2.75) is 57.5 Å². The van der Waals surface area contributed by atoms with Gasteiger partial charge in [-0.25, -0.2) is 0 Å². The standard InChI is InChI=1S/C25H31Cl2N3O/c1-16-5-6-19(14-24(16)29-17(2)21-8-7-20(26)15-22(21)27)18-9-12-30(13-10-18)25(31)23-4-3-11-28-23/h5-8,14-15,17-18,23,28-29H,3-4,9-13H2,1-2H3/t17-,23?/m1/s1. The lowest BCUT2D eigenvalue weighted by Gasteiger charge is -2.34. The maximum absolute atomic E-state index is 12.7. The number of benzene rings is 2. The number of rotatable bonds is 5. The number of likely N-dealkylation sites (tertiary alicyclic amines) is 1. The SMILES string of the molecule is Cc1ccc(C2CCN(C(=O)C3CCCN3)CC2)cc1N[C@H](C)c1ccc(Cl)cc1Cl. The molecule has 0 radical (unpaired) electrons. The highest BCUT2D eigenvalue weighted by Gasteiger charge is 2.30. The first-order valence-electron chi connectivity index (χ1n) is 11.3. The maximum atomic E-state index is 12.7. The molecular formula is C25H31Cl2N3O. The van der Waals surface area contributed by atoms with Crippen LogP contribution in [-0.2, 0) is 4.79 Å². The summed E-state index contributed by atoms with van der Waals surface area (Å²) in [5.74, 6) is 0.770. The Morgan fingerprint density at radius 2 is 1.90 bits per heavy atom. The van der Waals surface area contributed by atoms with Crippen LogP contribution in [0.5, 0.6) is 0 Å². The zero-order valence-corrected chi connectivity index (χ0v) is 19.8. The quantitative estimate of drug-likeness (QED) is 0.581. The van der Waals surface area contributed by atoms with Crippen molar-refractivity contribution >= 4 is 34.8 Å². The maximum Gasteiger partial charge on any atom is 0.239 e. The second-order valence-corrected chi connectivity index (χ2v) is 9.70. The lowest BCUT2D eigenvalue weighted by molar-refractivity contribution is -0.134. The van der Waals surface area contributed by atoms with Crippen molar-refractivity contribution in [3.8, 4) is 0 Å². The zero-order valence-electron chi connectivity index (χ0n) is 18.3. The van der Waals surface area contributed by atoms with E-state index < -0.39 is 0 Å². The van der Waals surface area contributed by atoms with Crippen molar-refractivity contribution < 1.29 is 4.79 Å². The summed E-state index contributed by atoms with van der Waals surface area (Å²) in [6.07, 6.45) is 4.10. The number of carbonyl (C=O) groups excluding carboxylic acids is 1. The second kappa shape index (κ2) is 9.81. The van der Waals surface area contributed by atoms with Crippen molar-refractivity contribution in [1.82, 2.24) is 10.2 Å². The van der Waals surface area contributed by atoms with Crippen molar-refractivity contribution in [2.75, 3.05) is 25.0 Å². The fourth-order valence-corrected chi connectivity index (χ4v) is 5.33. The molecule has 4 nitrogen and oxygen atoms in total. The second-order valence-electron chi connectivity index (χ2n) is 8.85. The summed E-state index contributed by atoms with van der Waals surface area (Å²) in [6, 6.07) is 12.4. The van der Waals surface area contributed by atoms with Crippen LogP contribution >= 0.6 is 23.2 Å². The molecule has 2 saturated heterocycles. The van der Waals surface area contributed by atoms with Crippen LogP contribution in [-0.4, -0.2) is 36.5 Å². The molecule has 0 saturated carbocycles. The monoisotopic (exact) mass is 459 g/mol. The van der Waals surface area contributed by atoms with Gasteiger partial charge in [0.25, 0.3) is 0 Å². The van der Waals surface area contributed by atoms with Crippen LogP contribution in [0.1, 0.15) is 61.3 Å². The molecule has 1 unspecified atom stereocenters. The first-order valence-corrected chi connectivity index (χ1v) is 12.0. The Bertz CT molecular complexity index is 934. The molecule has 2 atom stereocenters. The van der Waals surface area contributed by atoms with Gasteiger partial charge in [0.1, 0.15) is 0 Å². The Morgan fingerprint density at radius 3 is 2.58 bits per heavy atom. The summed E-state index contributed by atoms with van der Waals surface area (Å²) in [6.45, 7) is 6.89. The van der Waals surface area contributed by atoms with E-state index in [0.717, 1.165) is 56.6 Å². The first kappa shape index (κ1) is 22.4. The Labute approximate surface area is 195 Å². The van der Waals surface area contributed by atoms with E-state index in [1.165, 1.54) is 11.1 Å². The predicted molar refractivity (Wildman–Crippen MR) is 129 cm³/mol. The summed E-state index contributed by atoms with van der Waals surface area (Å²) in [5, 5.41) is 8.28. The molecule has 2 fully saturated rings. The van der Waals surface area contributed by atoms with Crippen LogP contribution in [0.4, 0.5) is 5.69 Å². The van der Waals surface area contributed by atoms with Gasteiger partial charge in [0.05, 0.1) is 12.1 Å². The van der Waals surface area contributed by atoms with Crippen LogP contribution in [0, 0.1) is 6.92 Å². The number of nitrogens with one attached hydrogen (secondary N) is 2. The van der Waals surface area contributed by atoms with E-state index in [2.05, 4.69) is 47.6 Å². The molecule has 4 rings (SSSR count). The largest absolute Gasteiger partial charge is 0.378 e. The number of anilines is 1. The van der Waals surface area contributed by atoms with Gasteiger partial charge in [-0.3, -0.25) is 4.79 Å². The summed E-state index contributed by atoms with van der Waals surface area (Å²) >= 11 is 12.5. The molecule has 2 heterocycles. The van der Waals surface area contributed by atoms with E-state index >= 15 is 0 Å². The van der Waals surface area contributed by atoms with Gasteiger partial charge in [-0.2, -0.15) is 0 Å². The van der Waals surface area contributed by atoms with Crippen molar-refractivity contribution in [3.05, 3.63) is 63.1 Å². The van der Waals surface area contributed by atoms with Crippen molar-refractivity contribution in [3.63, 3.8) is 0 Å². The molecule has 1 amide bonds. The van der Waals surface area contributed by atoms with Crippen LogP contribution in [0.2, 0.25) is 10.0 Å². The molecule has 2 N–H and O–H groups in total. The number of hydrogen-bond donors (Lipinski definition) is 2.